The Hall–Kier alpha value is -4.70. The van der Waals surface area contributed by atoms with Crippen molar-refractivity contribution in [1.82, 2.24) is 20.9 Å². The zero-order chi connectivity index (χ0) is 33.8. The quantitative estimate of drug-likeness (QED) is 0.178. The first-order chi connectivity index (χ1) is 22.6. The molecule has 47 heavy (non-hydrogen) atoms. The molecule has 1 heterocycles. The lowest BCUT2D eigenvalue weighted by molar-refractivity contribution is -0.148. The van der Waals surface area contributed by atoms with Crippen molar-refractivity contribution in [3.63, 3.8) is 0 Å². The van der Waals surface area contributed by atoms with E-state index in [-0.39, 0.29) is 37.2 Å². The first-order valence-corrected chi connectivity index (χ1v) is 16.2. The third-order valence-corrected chi connectivity index (χ3v) is 8.30. The van der Waals surface area contributed by atoms with E-state index >= 15 is 0 Å². The zero-order valence-electron chi connectivity index (χ0n) is 27.4. The number of hydrogen-bond donors (Lipinski definition) is 4. The number of aliphatic hydroxyl groups excluding tert-OH is 1. The van der Waals surface area contributed by atoms with Crippen LogP contribution < -0.4 is 20.7 Å². The third kappa shape index (κ3) is 11.0. The fraction of sp³-hybridized carbons (Fsp3) is 0.405. The van der Waals surface area contributed by atoms with Crippen molar-refractivity contribution < 1.29 is 29.0 Å². The molecular weight excluding hydrogens is 596 g/mol. The third-order valence-electron chi connectivity index (χ3n) is 8.30. The summed E-state index contributed by atoms with van der Waals surface area (Å²) in [4.78, 5) is 51.9. The molecule has 0 aliphatic carbocycles. The van der Waals surface area contributed by atoms with Gasteiger partial charge in [-0.2, -0.15) is 0 Å². The molecule has 3 aromatic carbocycles. The van der Waals surface area contributed by atoms with Gasteiger partial charge in [0, 0.05) is 32.1 Å². The summed E-state index contributed by atoms with van der Waals surface area (Å²) in [6.45, 7) is 6.61. The number of piperazine rings is 1. The van der Waals surface area contributed by atoms with Crippen LogP contribution in [-0.4, -0.2) is 78.1 Å². The molecule has 0 spiro atoms. The summed E-state index contributed by atoms with van der Waals surface area (Å²) in [5.41, 5.74) is 3.81. The second kappa shape index (κ2) is 17.3. The standard InChI is InChI=1S/C37H46N4O6/c1-25(23-41-18-17-38-36(45)37(41)46)19-33(43)39-30(20-28-13-6-4-7-14-28)22-32(42)31(21-29-15-8-5-9-16-29)40-34(44)24-47-35-26(2)11-10-12-27(35)3/h4-16,25,30-32,42H,17-24H2,1-3H3,(H,38,45)(H,39,43)(H,40,44)/t25?,30-,31-,32-/m0/s1. The number of para-hydroxylation sites is 1. The Morgan fingerprint density at radius 1 is 0.872 bits per heavy atom. The van der Waals surface area contributed by atoms with Gasteiger partial charge in [0.25, 0.3) is 5.91 Å². The summed E-state index contributed by atoms with van der Waals surface area (Å²) in [6.07, 6.45) is 0.208. The number of aliphatic hydroxyl groups is 1. The molecule has 0 saturated carbocycles. The number of aryl methyl sites for hydroxylation is 2. The van der Waals surface area contributed by atoms with Crippen LogP contribution in [0.25, 0.3) is 0 Å². The summed E-state index contributed by atoms with van der Waals surface area (Å²) in [7, 11) is 0. The van der Waals surface area contributed by atoms with Crippen molar-refractivity contribution in [1.29, 1.82) is 0 Å². The number of ether oxygens (including phenoxy) is 1. The molecule has 3 aromatic rings. The summed E-state index contributed by atoms with van der Waals surface area (Å²) >= 11 is 0. The number of nitrogens with one attached hydrogen (secondary N) is 3. The largest absolute Gasteiger partial charge is 0.483 e. The summed E-state index contributed by atoms with van der Waals surface area (Å²) in [5.74, 6) is -1.31. The normalized spacial score (nSPS) is 15.6. The lowest BCUT2D eigenvalue weighted by atomic mass is 9.93. The Morgan fingerprint density at radius 2 is 1.49 bits per heavy atom. The maximum absolute atomic E-state index is 13.3. The number of carbonyl (C=O) groups is 4. The maximum atomic E-state index is 13.3. The van der Waals surface area contributed by atoms with E-state index in [1.165, 1.54) is 4.90 Å². The van der Waals surface area contributed by atoms with Gasteiger partial charge in [-0.3, -0.25) is 19.2 Å². The molecule has 0 aromatic heterocycles. The summed E-state index contributed by atoms with van der Waals surface area (Å²) in [6, 6.07) is 24.0. The van der Waals surface area contributed by atoms with Crippen LogP contribution in [0.4, 0.5) is 0 Å². The Labute approximate surface area is 276 Å². The van der Waals surface area contributed by atoms with Crippen molar-refractivity contribution in [2.45, 2.75) is 64.6 Å². The van der Waals surface area contributed by atoms with Crippen LogP contribution >= 0.6 is 0 Å². The molecule has 10 nitrogen and oxygen atoms in total. The van der Waals surface area contributed by atoms with Crippen molar-refractivity contribution in [2.24, 2.45) is 5.92 Å². The molecule has 0 radical (unpaired) electrons. The van der Waals surface area contributed by atoms with Crippen LogP contribution in [0.3, 0.4) is 0 Å². The Kier molecular flexibility index (Phi) is 12.9. The Bertz CT molecular complexity index is 1480. The van der Waals surface area contributed by atoms with E-state index in [1.54, 1.807) is 0 Å². The molecule has 1 saturated heterocycles. The summed E-state index contributed by atoms with van der Waals surface area (Å²) in [5, 5.41) is 20.2. The molecule has 250 valence electrons. The average Bonchev–Trinajstić information content (AvgIpc) is 3.03. The molecule has 4 rings (SSSR count). The molecular formula is C37H46N4O6. The maximum Gasteiger partial charge on any atom is 0.311 e. The number of benzene rings is 3. The van der Waals surface area contributed by atoms with Crippen molar-refractivity contribution >= 4 is 23.6 Å². The van der Waals surface area contributed by atoms with Gasteiger partial charge in [0.1, 0.15) is 5.75 Å². The van der Waals surface area contributed by atoms with Crippen LogP contribution in [0.1, 0.15) is 42.0 Å². The minimum atomic E-state index is -0.990. The average molecular weight is 643 g/mol. The van der Waals surface area contributed by atoms with Gasteiger partial charge in [0.15, 0.2) is 6.61 Å². The molecule has 4 N–H and O–H groups in total. The van der Waals surface area contributed by atoms with Crippen molar-refractivity contribution in [3.05, 3.63) is 101 Å². The second-order valence-electron chi connectivity index (χ2n) is 12.4. The monoisotopic (exact) mass is 642 g/mol. The van der Waals surface area contributed by atoms with Crippen molar-refractivity contribution in [3.8, 4) is 5.75 Å². The van der Waals surface area contributed by atoms with Crippen LogP contribution in [0, 0.1) is 19.8 Å². The molecule has 10 heteroatoms. The van der Waals surface area contributed by atoms with Crippen LogP contribution in [0.2, 0.25) is 0 Å². The topological polar surface area (TPSA) is 137 Å². The van der Waals surface area contributed by atoms with Gasteiger partial charge < -0.3 is 30.7 Å². The Balaban J connectivity index is 1.43. The first-order valence-electron chi connectivity index (χ1n) is 16.2. The van der Waals surface area contributed by atoms with Gasteiger partial charge >= 0.3 is 11.8 Å². The predicted molar refractivity (Wildman–Crippen MR) is 180 cm³/mol. The molecule has 4 amide bonds. The molecule has 0 bridgehead atoms. The summed E-state index contributed by atoms with van der Waals surface area (Å²) < 4.78 is 5.88. The van der Waals surface area contributed by atoms with Gasteiger partial charge in [-0.25, -0.2) is 0 Å². The number of nitrogens with zero attached hydrogens (tertiary/aromatic N) is 1. The Morgan fingerprint density at radius 3 is 2.13 bits per heavy atom. The lowest BCUT2D eigenvalue weighted by Gasteiger charge is -2.30. The number of hydrogen-bond acceptors (Lipinski definition) is 6. The first kappa shape index (κ1) is 35.2. The van der Waals surface area contributed by atoms with Crippen LogP contribution in [-0.2, 0) is 32.0 Å². The fourth-order valence-corrected chi connectivity index (χ4v) is 5.96. The van der Waals surface area contributed by atoms with E-state index in [9.17, 15) is 24.3 Å². The van der Waals surface area contributed by atoms with Crippen LogP contribution in [0.15, 0.2) is 78.9 Å². The second-order valence-corrected chi connectivity index (χ2v) is 12.4. The fourth-order valence-electron chi connectivity index (χ4n) is 5.96. The van der Waals surface area contributed by atoms with Gasteiger partial charge in [-0.05, 0) is 61.3 Å². The van der Waals surface area contributed by atoms with Gasteiger partial charge in [-0.15, -0.1) is 0 Å². The highest BCUT2D eigenvalue weighted by molar-refractivity contribution is 6.35. The zero-order valence-corrected chi connectivity index (χ0v) is 27.4. The molecule has 1 unspecified atom stereocenters. The number of carbonyl (C=O) groups excluding carboxylic acids is 4. The van der Waals surface area contributed by atoms with E-state index in [1.807, 2.05) is 99.6 Å². The minimum Gasteiger partial charge on any atom is -0.483 e. The molecule has 1 aliphatic heterocycles. The molecule has 1 aliphatic rings. The van der Waals surface area contributed by atoms with E-state index < -0.39 is 30.0 Å². The number of rotatable bonds is 16. The highest BCUT2D eigenvalue weighted by Crippen LogP contribution is 2.22. The van der Waals surface area contributed by atoms with E-state index in [0.717, 1.165) is 22.3 Å². The highest BCUT2D eigenvalue weighted by atomic mass is 16.5. The SMILES string of the molecule is Cc1cccc(C)c1OCC(=O)N[C@@H](Cc1ccccc1)[C@@H](O)C[C@H](Cc1ccccc1)NC(=O)CC(C)CN1CCNC(=O)C1=O. The minimum absolute atomic E-state index is 0.145. The van der Waals surface area contributed by atoms with Gasteiger partial charge in [0.2, 0.25) is 5.91 Å². The van der Waals surface area contributed by atoms with Gasteiger partial charge in [-0.1, -0.05) is 85.8 Å². The highest BCUT2D eigenvalue weighted by Gasteiger charge is 2.29. The molecule has 1 fully saturated rings. The van der Waals surface area contributed by atoms with E-state index in [0.29, 0.717) is 38.2 Å². The molecule has 4 atom stereocenters. The lowest BCUT2D eigenvalue weighted by Crippen LogP contribution is -2.53. The van der Waals surface area contributed by atoms with Gasteiger partial charge in [0.05, 0.1) is 12.1 Å². The predicted octanol–water partition coefficient (Wildman–Crippen LogP) is 2.87. The smallest absolute Gasteiger partial charge is 0.311 e. The van der Waals surface area contributed by atoms with E-state index in [4.69, 9.17) is 4.74 Å². The van der Waals surface area contributed by atoms with E-state index in [2.05, 4.69) is 16.0 Å². The van der Waals surface area contributed by atoms with Crippen LogP contribution in [0.5, 0.6) is 5.75 Å². The number of amides is 4. The van der Waals surface area contributed by atoms with Crippen molar-refractivity contribution in [2.75, 3.05) is 26.2 Å².